The number of nitrogens with zero attached hydrogens (tertiary/aromatic N) is 2. The molecule has 0 aliphatic rings. The van der Waals surface area contributed by atoms with Crippen molar-refractivity contribution in [1.29, 1.82) is 0 Å². The monoisotopic (exact) mass is 225 g/mol. The van der Waals surface area contributed by atoms with Crippen molar-refractivity contribution >= 4 is 11.9 Å². The molecule has 6 heteroatoms. The molecule has 1 aromatic rings. The maximum Gasteiger partial charge on any atom is 0.326 e. The van der Waals surface area contributed by atoms with Gasteiger partial charge < -0.3 is 15.0 Å². The number of rotatable bonds is 6. The van der Waals surface area contributed by atoms with Crippen LogP contribution in [-0.4, -0.2) is 32.6 Å². The number of carbonyl (C=O) groups is 2. The maximum atomic E-state index is 11.4. The molecule has 1 rings (SSSR count). The zero-order valence-electron chi connectivity index (χ0n) is 9.09. The molecule has 0 saturated heterocycles. The van der Waals surface area contributed by atoms with Gasteiger partial charge in [-0.15, -0.1) is 0 Å². The summed E-state index contributed by atoms with van der Waals surface area (Å²) in [4.78, 5) is 25.9. The first-order valence-corrected chi connectivity index (χ1v) is 5.11. The first-order valence-electron chi connectivity index (χ1n) is 5.11. The van der Waals surface area contributed by atoms with Crippen molar-refractivity contribution in [2.24, 2.45) is 0 Å². The second-order valence-corrected chi connectivity index (χ2v) is 3.42. The molecule has 1 atom stereocenters. The molecule has 88 valence electrons. The Labute approximate surface area is 93.3 Å². The Morgan fingerprint density at radius 1 is 1.56 bits per heavy atom. The Kier molecular flexibility index (Phi) is 4.50. The van der Waals surface area contributed by atoms with Gasteiger partial charge in [0.1, 0.15) is 6.04 Å². The summed E-state index contributed by atoms with van der Waals surface area (Å²) < 4.78 is 1.77. The summed E-state index contributed by atoms with van der Waals surface area (Å²) in [5.74, 6) is -1.26. The van der Waals surface area contributed by atoms with Gasteiger partial charge in [-0.2, -0.15) is 0 Å². The second kappa shape index (κ2) is 5.89. The molecule has 0 radical (unpaired) electrons. The van der Waals surface area contributed by atoms with Crippen LogP contribution in [0.15, 0.2) is 18.7 Å². The molecule has 0 aliphatic carbocycles. The van der Waals surface area contributed by atoms with Gasteiger partial charge in [-0.25, -0.2) is 9.78 Å². The van der Waals surface area contributed by atoms with Gasteiger partial charge in [0.25, 0.3) is 0 Å². The summed E-state index contributed by atoms with van der Waals surface area (Å²) in [6.07, 6.45) is 5.62. The minimum atomic E-state index is -1.00. The van der Waals surface area contributed by atoms with E-state index in [0.29, 0.717) is 13.0 Å². The molecule has 1 heterocycles. The number of imidazole rings is 1. The molecular formula is C10H15N3O3. The number of amides is 1. The van der Waals surface area contributed by atoms with Crippen LogP contribution in [0.4, 0.5) is 0 Å². The number of hydrogen-bond donors (Lipinski definition) is 2. The topological polar surface area (TPSA) is 84.2 Å². The molecule has 0 aromatic carbocycles. The number of nitrogens with one attached hydrogen (secondary N) is 1. The lowest BCUT2D eigenvalue weighted by Gasteiger charge is -2.12. The zero-order valence-corrected chi connectivity index (χ0v) is 9.09. The lowest BCUT2D eigenvalue weighted by atomic mass is 10.2. The molecule has 2 N–H and O–H groups in total. The predicted octanol–water partition coefficient (Wildman–Crippen LogP) is 0.253. The molecule has 16 heavy (non-hydrogen) atoms. The fraction of sp³-hybridized carbons (Fsp3) is 0.500. The third-order valence-electron chi connectivity index (χ3n) is 2.20. The van der Waals surface area contributed by atoms with E-state index in [1.54, 1.807) is 30.2 Å². The van der Waals surface area contributed by atoms with Gasteiger partial charge >= 0.3 is 5.97 Å². The van der Waals surface area contributed by atoms with Crippen LogP contribution < -0.4 is 5.32 Å². The number of aromatic nitrogens is 2. The van der Waals surface area contributed by atoms with Crippen LogP contribution >= 0.6 is 0 Å². The smallest absolute Gasteiger partial charge is 0.326 e. The minimum Gasteiger partial charge on any atom is -0.480 e. The number of aliphatic carboxylic acids is 1. The molecule has 1 aromatic heterocycles. The lowest BCUT2D eigenvalue weighted by Crippen LogP contribution is -2.40. The predicted molar refractivity (Wildman–Crippen MR) is 56.7 cm³/mol. The second-order valence-electron chi connectivity index (χ2n) is 3.42. The van der Waals surface area contributed by atoms with Crippen LogP contribution in [0.25, 0.3) is 0 Å². The molecule has 1 unspecified atom stereocenters. The number of carboxylic acids is 1. The van der Waals surface area contributed by atoms with Gasteiger partial charge in [-0.05, 0) is 6.42 Å². The van der Waals surface area contributed by atoms with E-state index in [1.165, 1.54) is 0 Å². The van der Waals surface area contributed by atoms with E-state index in [-0.39, 0.29) is 12.3 Å². The van der Waals surface area contributed by atoms with Crippen molar-refractivity contribution in [3.05, 3.63) is 18.7 Å². The Hall–Kier alpha value is -1.85. The SMILES string of the molecule is CCC(NC(=O)CCn1ccnc1)C(=O)O. The fourth-order valence-electron chi connectivity index (χ4n) is 1.25. The van der Waals surface area contributed by atoms with E-state index in [4.69, 9.17) is 5.11 Å². The van der Waals surface area contributed by atoms with Gasteiger partial charge in [0, 0.05) is 25.4 Å². The van der Waals surface area contributed by atoms with E-state index in [2.05, 4.69) is 10.3 Å². The lowest BCUT2D eigenvalue weighted by molar-refractivity contribution is -0.141. The summed E-state index contributed by atoms with van der Waals surface area (Å²) in [7, 11) is 0. The molecule has 0 spiro atoms. The third-order valence-corrected chi connectivity index (χ3v) is 2.20. The van der Waals surface area contributed by atoms with Crippen LogP contribution in [0.2, 0.25) is 0 Å². The van der Waals surface area contributed by atoms with Crippen molar-refractivity contribution in [2.45, 2.75) is 32.4 Å². The maximum absolute atomic E-state index is 11.4. The Morgan fingerprint density at radius 2 is 2.31 bits per heavy atom. The first kappa shape index (κ1) is 12.2. The number of aryl methyl sites for hydroxylation is 1. The van der Waals surface area contributed by atoms with Gasteiger partial charge in [0.15, 0.2) is 0 Å². The zero-order chi connectivity index (χ0) is 12.0. The van der Waals surface area contributed by atoms with Crippen LogP contribution in [0.1, 0.15) is 19.8 Å². The summed E-state index contributed by atoms with van der Waals surface area (Å²) in [6, 6.07) is -0.796. The molecule has 0 fully saturated rings. The Balaban J connectivity index is 2.33. The van der Waals surface area contributed by atoms with Gasteiger partial charge in [-0.3, -0.25) is 4.79 Å². The van der Waals surface area contributed by atoms with Crippen molar-refractivity contribution in [3.63, 3.8) is 0 Å². The largest absolute Gasteiger partial charge is 0.480 e. The fourth-order valence-corrected chi connectivity index (χ4v) is 1.25. The number of carbonyl (C=O) groups excluding carboxylic acids is 1. The quantitative estimate of drug-likeness (QED) is 0.727. The summed E-state index contributed by atoms with van der Waals surface area (Å²) in [6.45, 7) is 2.22. The van der Waals surface area contributed by atoms with Crippen molar-refractivity contribution < 1.29 is 14.7 Å². The normalized spacial score (nSPS) is 12.1. The highest BCUT2D eigenvalue weighted by molar-refractivity contribution is 5.83. The average molecular weight is 225 g/mol. The van der Waals surface area contributed by atoms with Crippen LogP contribution in [0, 0.1) is 0 Å². The van der Waals surface area contributed by atoms with Crippen LogP contribution in [-0.2, 0) is 16.1 Å². The Bertz CT molecular complexity index is 348. The van der Waals surface area contributed by atoms with Gasteiger partial charge in [0.05, 0.1) is 6.33 Å². The summed E-state index contributed by atoms with van der Waals surface area (Å²) >= 11 is 0. The number of carboxylic acid groups (broad SMARTS) is 1. The van der Waals surface area contributed by atoms with E-state index in [1.807, 2.05) is 0 Å². The molecule has 1 amide bonds. The van der Waals surface area contributed by atoms with Crippen molar-refractivity contribution in [3.8, 4) is 0 Å². The highest BCUT2D eigenvalue weighted by Crippen LogP contribution is 1.95. The first-order chi connectivity index (χ1) is 7.63. The van der Waals surface area contributed by atoms with Crippen LogP contribution in [0.3, 0.4) is 0 Å². The van der Waals surface area contributed by atoms with Gasteiger partial charge in [-0.1, -0.05) is 6.92 Å². The molecule has 0 bridgehead atoms. The van der Waals surface area contributed by atoms with E-state index < -0.39 is 12.0 Å². The summed E-state index contributed by atoms with van der Waals surface area (Å²) in [5, 5.41) is 11.2. The van der Waals surface area contributed by atoms with E-state index in [9.17, 15) is 9.59 Å². The van der Waals surface area contributed by atoms with Crippen molar-refractivity contribution in [1.82, 2.24) is 14.9 Å². The number of hydrogen-bond acceptors (Lipinski definition) is 3. The standard InChI is InChI=1S/C10H15N3O3/c1-2-8(10(15)16)12-9(14)3-5-13-6-4-11-7-13/h4,6-8H,2-3,5H2,1H3,(H,12,14)(H,15,16). The van der Waals surface area contributed by atoms with Crippen molar-refractivity contribution in [2.75, 3.05) is 0 Å². The Morgan fingerprint density at radius 3 is 2.81 bits per heavy atom. The third kappa shape index (κ3) is 3.72. The average Bonchev–Trinajstić information content (AvgIpc) is 2.75. The summed E-state index contributed by atoms with van der Waals surface area (Å²) in [5.41, 5.74) is 0. The van der Waals surface area contributed by atoms with Crippen LogP contribution in [0.5, 0.6) is 0 Å². The molecule has 0 aliphatic heterocycles. The van der Waals surface area contributed by atoms with Gasteiger partial charge in [0.2, 0.25) is 5.91 Å². The molecule has 6 nitrogen and oxygen atoms in total. The highest BCUT2D eigenvalue weighted by atomic mass is 16.4. The van der Waals surface area contributed by atoms with E-state index >= 15 is 0 Å². The molecular weight excluding hydrogens is 210 g/mol. The van der Waals surface area contributed by atoms with E-state index in [0.717, 1.165) is 0 Å². The minimum absolute atomic E-state index is 0.250. The highest BCUT2D eigenvalue weighted by Gasteiger charge is 2.16. The molecule has 0 saturated carbocycles.